The maximum absolute atomic E-state index is 7.79. The Kier molecular flexibility index (Phi) is 4.65. The molecule has 2 aliphatic rings. The van der Waals surface area contributed by atoms with Crippen LogP contribution in [0, 0.1) is 5.41 Å². The van der Waals surface area contributed by atoms with E-state index < -0.39 is 0 Å². The minimum atomic E-state index is 0.0865. The second-order valence-electron chi connectivity index (χ2n) is 6.16. The zero-order valence-electron chi connectivity index (χ0n) is 12.5. The Labute approximate surface area is 135 Å². The van der Waals surface area contributed by atoms with Crippen LogP contribution >= 0.6 is 15.9 Å². The summed E-state index contributed by atoms with van der Waals surface area (Å²) >= 11 is 3.75. The number of ether oxygens (including phenoxy) is 1. The summed E-state index contributed by atoms with van der Waals surface area (Å²) in [5.41, 5.74) is 4.81. The van der Waals surface area contributed by atoms with Crippen LogP contribution in [0.2, 0.25) is 0 Å². The lowest BCUT2D eigenvalue weighted by molar-refractivity contribution is 0.0343. The molecule has 21 heavy (non-hydrogen) atoms. The lowest BCUT2D eigenvalue weighted by Gasteiger charge is -2.29. The maximum atomic E-state index is 7.79. The van der Waals surface area contributed by atoms with Crippen LogP contribution in [0.5, 0.6) is 0 Å². The van der Waals surface area contributed by atoms with Gasteiger partial charge in [0, 0.05) is 28.5 Å². The van der Waals surface area contributed by atoms with Gasteiger partial charge in [-0.05, 0) is 77.6 Å². The quantitative estimate of drug-likeness (QED) is 0.767. The molecule has 3 rings (SSSR count). The second kappa shape index (κ2) is 6.49. The van der Waals surface area contributed by atoms with Crippen molar-refractivity contribution in [1.82, 2.24) is 0 Å². The van der Waals surface area contributed by atoms with E-state index in [1.165, 1.54) is 36.6 Å². The Morgan fingerprint density at radius 3 is 2.90 bits per heavy atom. The molecule has 3 nitrogen and oxygen atoms in total. The molecule has 2 N–H and O–H groups in total. The van der Waals surface area contributed by atoms with Crippen molar-refractivity contribution in [2.45, 2.75) is 57.6 Å². The summed E-state index contributed by atoms with van der Waals surface area (Å²) in [5, 5.41) is 11.3. The van der Waals surface area contributed by atoms with Gasteiger partial charge in [0.2, 0.25) is 0 Å². The highest BCUT2D eigenvalue weighted by molar-refractivity contribution is 9.10. The highest BCUT2D eigenvalue weighted by Gasteiger charge is 2.24. The Morgan fingerprint density at radius 1 is 1.33 bits per heavy atom. The molecule has 0 spiro atoms. The fraction of sp³-hybridized carbons (Fsp3) is 0.588. The third-order valence-corrected chi connectivity index (χ3v) is 5.50. The topological polar surface area (TPSA) is 45.1 Å². The monoisotopic (exact) mass is 350 g/mol. The number of fused-ring (bicyclic) bond motifs is 1. The Hall–Kier alpha value is -0.870. The molecule has 1 saturated heterocycles. The van der Waals surface area contributed by atoms with Crippen molar-refractivity contribution in [2.75, 3.05) is 11.9 Å². The molecule has 114 valence electrons. The molecule has 2 atom stereocenters. The molecule has 1 fully saturated rings. The van der Waals surface area contributed by atoms with Crippen LogP contribution in [0.4, 0.5) is 5.69 Å². The Bertz CT molecular complexity index is 538. The van der Waals surface area contributed by atoms with E-state index in [9.17, 15) is 0 Å². The van der Waals surface area contributed by atoms with Crippen molar-refractivity contribution >= 4 is 27.8 Å². The first kappa shape index (κ1) is 15.0. The summed E-state index contributed by atoms with van der Waals surface area (Å²) < 4.78 is 6.88. The molecule has 0 radical (unpaired) electrons. The van der Waals surface area contributed by atoms with Crippen molar-refractivity contribution in [2.24, 2.45) is 0 Å². The SMILES string of the molecule is CC1CCCc2cc(NC3CCCCO3)c(C=N)c(Br)c21. The number of halogens is 1. The maximum Gasteiger partial charge on any atom is 0.127 e. The summed E-state index contributed by atoms with van der Waals surface area (Å²) in [7, 11) is 0. The summed E-state index contributed by atoms with van der Waals surface area (Å²) in [6.07, 6.45) is 8.58. The number of benzene rings is 1. The zero-order valence-corrected chi connectivity index (χ0v) is 14.1. The van der Waals surface area contributed by atoms with Gasteiger partial charge in [0.25, 0.3) is 0 Å². The molecule has 0 amide bonds. The molecule has 0 bridgehead atoms. The molecular formula is C17H23BrN2O. The van der Waals surface area contributed by atoms with E-state index >= 15 is 0 Å². The van der Waals surface area contributed by atoms with Crippen molar-refractivity contribution < 1.29 is 4.74 Å². The van der Waals surface area contributed by atoms with Gasteiger partial charge in [-0.2, -0.15) is 0 Å². The fourth-order valence-electron chi connectivity index (χ4n) is 3.51. The normalized spacial score (nSPS) is 25.2. The van der Waals surface area contributed by atoms with E-state index in [-0.39, 0.29) is 6.23 Å². The molecular weight excluding hydrogens is 328 g/mol. The van der Waals surface area contributed by atoms with E-state index in [1.54, 1.807) is 0 Å². The van der Waals surface area contributed by atoms with Crippen LogP contribution in [-0.4, -0.2) is 19.0 Å². The summed E-state index contributed by atoms with van der Waals surface area (Å²) in [6.45, 7) is 3.12. The van der Waals surface area contributed by atoms with Crippen molar-refractivity contribution in [1.29, 1.82) is 5.41 Å². The van der Waals surface area contributed by atoms with E-state index in [4.69, 9.17) is 10.1 Å². The first-order valence-corrected chi connectivity index (χ1v) is 8.74. The van der Waals surface area contributed by atoms with Gasteiger partial charge >= 0.3 is 0 Å². The van der Waals surface area contributed by atoms with E-state index in [2.05, 4.69) is 34.2 Å². The van der Waals surface area contributed by atoms with Crippen LogP contribution in [-0.2, 0) is 11.2 Å². The smallest absolute Gasteiger partial charge is 0.127 e. The van der Waals surface area contributed by atoms with Gasteiger partial charge in [-0.3, -0.25) is 0 Å². The largest absolute Gasteiger partial charge is 0.360 e. The molecule has 1 aliphatic heterocycles. The van der Waals surface area contributed by atoms with E-state index in [0.717, 1.165) is 41.6 Å². The molecule has 1 aromatic carbocycles. The summed E-state index contributed by atoms with van der Waals surface area (Å²) in [4.78, 5) is 0. The standard InChI is InChI=1S/C17H23BrN2O/c1-11-5-4-6-12-9-14(13(10-19)17(18)16(11)12)20-15-7-2-3-8-21-15/h9-11,15,19-20H,2-8H2,1H3. The lowest BCUT2D eigenvalue weighted by atomic mass is 9.82. The van der Waals surface area contributed by atoms with Gasteiger partial charge in [-0.15, -0.1) is 0 Å². The third-order valence-electron chi connectivity index (χ3n) is 4.64. The van der Waals surface area contributed by atoms with Gasteiger partial charge in [-0.25, -0.2) is 0 Å². The van der Waals surface area contributed by atoms with E-state index in [1.807, 2.05) is 0 Å². The van der Waals surface area contributed by atoms with Gasteiger partial charge in [0.1, 0.15) is 6.23 Å². The second-order valence-corrected chi connectivity index (χ2v) is 6.95. The number of anilines is 1. The Balaban J connectivity index is 1.95. The average Bonchev–Trinajstić information content (AvgIpc) is 2.48. The average molecular weight is 351 g/mol. The van der Waals surface area contributed by atoms with Crippen LogP contribution < -0.4 is 5.32 Å². The minimum absolute atomic E-state index is 0.0865. The number of hydrogen-bond acceptors (Lipinski definition) is 3. The predicted molar refractivity (Wildman–Crippen MR) is 90.6 cm³/mol. The molecule has 4 heteroatoms. The van der Waals surface area contributed by atoms with Crippen LogP contribution in [0.3, 0.4) is 0 Å². The first-order chi connectivity index (χ1) is 10.2. The predicted octanol–water partition coefficient (Wildman–Crippen LogP) is 4.83. The van der Waals surface area contributed by atoms with Crippen molar-refractivity contribution in [3.8, 4) is 0 Å². The van der Waals surface area contributed by atoms with Crippen LogP contribution in [0.15, 0.2) is 10.5 Å². The molecule has 1 heterocycles. The lowest BCUT2D eigenvalue weighted by Crippen LogP contribution is -2.28. The van der Waals surface area contributed by atoms with Gasteiger partial charge in [0.15, 0.2) is 0 Å². The Morgan fingerprint density at radius 2 is 2.19 bits per heavy atom. The number of hydrogen-bond donors (Lipinski definition) is 2. The van der Waals surface area contributed by atoms with Crippen molar-refractivity contribution in [3.05, 3.63) is 27.2 Å². The molecule has 0 aromatic heterocycles. The molecule has 1 aromatic rings. The molecule has 2 unspecified atom stereocenters. The number of aryl methyl sites for hydroxylation is 1. The van der Waals surface area contributed by atoms with Gasteiger partial charge in [0.05, 0.1) is 0 Å². The number of nitrogens with one attached hydrogen (secondary N) is 2. The highest BCUT2D eigenvalue weighted by atomic mass is 79.9. The van der Waals surface area contributed by atoms with Crippen molar-refractivity contribution in [3.63, 3.8) is 0 Å². The van der Waals surface area contributed by atoms with Crippen LogP contribution in [0.1, 0.15) is 61.6 Å². The van der Waals surface area contributed by atoms with Gasteiger partial charge in [-0.1, -0.05) is 6.92 Å². The highest BCUT2D eigenvalue weighted by Crippen LogP contribution is 2.41. The third kappa shape index (κ3) is 3.02. The van der Waals surface area contributed by atoms with E-state index in [0.29, 0.717) is 5.92 Å². The summed E-state index contributed by atoms with van der Waals surface area (Å²) in [6, 6.07) is 2.24. The zero-order chi connectivity index (χ0) is 14.8. The molecule has 0 saturated carbocycles. The first-order valence-electron chi connectivity index (χ1n) is 7.94. The van der Waals surface area contributed by atoms with Gasteiger partial charge < -0.3 is 15.5 Å². The number of rotatable bonds is 3. The van der Waals surface area contributed by atoms with Crippen LogP contribution in [0.25, 0.3) is 0 Å². The fourth-order valence-corrected chi connectivity index (χ4v) is 4.48. The summed E-state index contributed by atoms with van der Waals surface area (Å²) in [5.74, 6) is 0.571. The molecule has 1 aliphatic carbocycles. The minimum Gasteiger partial charge on any atom is -0.360 e.